The molecule has 0 bridgehead atoms. The van der Waals surface area contributed by atoms with Crippen LogP contribution in [0.15, 0.2) is 59.3 Å². The number of oxazole rings is 1. The zero-order chi connectivity index (χ0) is 15.6. The fourth-order valence-electron chi connectivity index (χ4n) is 2.49. The number of benzene rings is 1. The first-order chi connectivity index (χ1) is 11.3. The molecule has 6 heteroatoms. The van der Waals surface area contributed by atoms with E-state index < -0.39 is 0 Å². The zero-order valence-corrected chi connectivity index (χ0v) is 12.2. The van der Waals surface area contributed by atoms with Gasteiger partial charge in [0.05, 0.1) is 6.54 Å². The van der Waals surface area contributed by atoms with Crippen LogP contribution in [0.5, 0.6) is 5.88 Å². The Kier molecular flexibility index (Phi) is 3.27. The van der Waals surface area contributed by atoms with Gasteiger partial charge < -0.3 is 9.15 Å². The number of fused-ring (bicyclic) bond motifs is 1. The lowest BCUT2D eigenvalue weighted by atomic mass is 10.2. The van der Waals surface area contributed by atoms with Crippen LogP contribution >= 0.6 is 0 Å². The number of rotatable bonds is 2. The van der Waals surface area contributed by atoms with Crippen molar-refractivity contribution in [1.82, 2.24) is 9.97 Å². The van der Waals surface area contributed by atoms with E-state index in [1.165, 1.54) is 6.26 Å². The first kappa shape index (κ1) is 13.5. The first-order valence-electron chi connectivity index (χ1n) is 7.23. The lowest BCUT2D eigenvalue weighted by Crippen LogP contribution is -2.38. The summed E-state index contributed by atoms with van der Waals surface area (Å²) in [5.74, 6) is 0.654. The van der Waals surface area contributed by atoms with Gasteiger partial charge in [0.1, 0.15) is 18.6 Å². The minimum Gasteiger partial charge on any atom is -0.474 e. The molecule has 0 unspecified atom stereocenters. The maximum atomic E-state index is 12.7. The average Bonchev–Trinajstić information content (AvgIpc) is 3.11. The summed E-state index contributed by atoms with van der Waals surface area (Å²) < 4.78 is 10.9. The van der Waals surface area contributed by atoms with Crippen LogP contribution in [-0.4, -0.2) is 29.0 Å². The van der Waals surface area contributed by atoms with Gasteiger partial charge in [-0.2, -0.15) is 0 Å². The molecule has 23 heavy (non-hydrogen) atoms. The normalized spacial score (nSPS) is 13.3. The third kappa shape index (κ3) is 2.44. The second-order valence-electron chi connectivity index (χ2n) is 5.04. The van der Waals surface area contributed by atoms with E-state index in [1.54, 1.807) is 23.2 Å². The summed E-state index contributed by atoms with van der Waals surface area (Å²) in [7, 11) is 0. The number of ether oxygens (including phenoxy) is 1. The number of pyridine rings is 1. The van der Waals surface area contributed by atoms with Crippen LogP contribution in [0.2, 0.25) is 0 Å². The van der Waals surface area contributed by atoms with Crippen LogP contribution in [0.3, 0.4) is 0 Å². The van der Waals surface area contributed by atoms with E-state index in [4.69, 9.17) is 9.15 Å². The smallest absolute Gasteiger partial charge is 0.280 e. The number of carbonyl (C=O) groups excluding carboxylic acids is 1. The van der Waals surface area contributed by atoms with E-state index in [2.05, 4.69) is 9.97 Å². The molecule has 3 aromatic rings. The number of amides is 1. The van der Waals surface area contributed by atoms with Crippen LogP contribution in [0, 0.1) is 0 Å². The van der Waals surface area contributed by atoms with Gasteiger partial charge in [0.2, 0.25) is 11.8 Å². The number of anilines is 1. The van der Waals surface area contributed by atoms with Crippen molar-refractivity contribution < 1.29 is 13.9 Å². The van der Waals surface area contributed by atoms with Crippen molar-refractivity contribution in [2.75, 3.05) is 18.1 Å². The summed E-state index contributed by atoms with van der Waals surface area (Å²) in [4.78, 5) is 22.8. The Hall–Kier alpha value is -3.15. The van der Waals surface area contributed by atoms with Crippen LogP contribution in [0.4, 0.5) is 5.69 Å². The van der Waals surface area contributed by atoms with Crippen LogP contribution in [0.1, 0.15) is 10.5 Å². The van der Waals surface area contributed by atoms with Crippen molar-refractivity contribution >= 4 is 11.6 Å². The summed E-state index contributed by atoms with van der Waals surface area (Å²) in [6.45, 7) is 0.851. The van der Waals surface area contributed by atoms with Crippen LogP contribution in [0.25, 0.3) is 11.5 Å². The minimum atomic E-state index is -0.228. The van der Waals surface area contributed by atoms with Gasteiger partial charge in [-0.05, 0) is 24.3 Å². The third-order valence-corrected chi connectivity index (χ3v) is 3.58. The predicted molar refractivity (Wildman–Crippen MR) is 83.3 cm³/mol. The highest BCUT2D eigenvalue weighted by atomic mass is 16.5. The Morgan fingerprint density at radius 3 is 2.87 bits per heavy atom. The SMILES string of the molecule is O=C(c1coc(-c2ccccc2)n1)N1CCOc2ncccc21. The molecule has 6 nitrogen and oxygen atoms in total. The molecule has 1 aromatic carbocycles. The Morgan fingerprint density at radius 2 is 2.00 bits per heavy atom. The van der Waals surface area contributed by atoms with Crippen molar-refractivity contribution in [1.29, 1.82) is 0 Å². The number of hydrogen-bond acceptors (Lipinski definition) is 5. The fourth-order valence-corrected chi connectivity index (χ4v) is 2.49. The van der Waals surface area contributed by atoms with Crippen molar-refractivity contribution in [2.45, 2.75) is 0 Å². The lowest BCUT2D eigenvalue weighted by Gasteiger charge is -2.27. The molecule has 1 aliphatic heterocycles. The maximum Gasteiger partial charge on any atom is 0.280 e. The molecular weight excluding hydrogens is 294 g/mol. The summed E-state index contributed by atoms with van der Waals surface area (Å²) in [6.07, 6.45) is 3.02. The van der Waals surface area contributed by atoms with Gasteiger partial charge in [0, 0.05) is 11.8 Å². The van der Waals surface area contributed by atoms with Gasteiger partial charge in [0.25, 0.3) is 5.91 Å². The standard InChI is InChI=1S/C17H13N3O3/c21-17(20-9-10-22-16-14(20)7-4-8-18-16)13-11-23-15(19-13)12-5-2-1-3-6-12/h1-8,11H,9-10H2. The summed E-state index contributed by atoms with van der Waals surface area (Å²) in [5.41, 5.74) is 1.74. The van der Waals surface area contributed by atoms with Gasteiger partial charge in [0.15, 0.2) is 5.69 Å². The Bertz CT molecular complexity index is 845. The monoisotopic (exact) mass is 307 g/mol. The first-order valence-corrected chi connectivity index (χ1v) is 7.23. The predicted octanol–water partition coefficient (Wildman–Crippen LogP) is 2.78. The number of nitrogens with zero attached hydrogens (tertiary/aromatic N) is 3. The molecule has 0 fully saturated rings. The van der Waals surface area contributed by atoms with Gasteiger partial charge in [-0.3, -0.25) is 9.69 Å². The van der Waals surface area contributed by atoms with E-state index >= 15 is 0 Å². The maximum absolute atomic E-state index is 12.7. The quantitative estimate of drug-likeness (QED) is 0.728. The molecule has 1 aliphatic rings. The number of hydrogen-bond donors (Lipinski definition) is 0. The van der Waals surface area contributed by atoms with Crippen molar-refractivity contribution in [3.05, 3.63) is 60.6 Å². The zero-order valence-electron chi connectivity index (χ0n) is 12.2. The van der Waals surface area contributed by atoms with E-state index in [1.807, 2.05) is 30.3 Å². The second-order valence-corrected chi connectivity index (χ2v) is 5.04. The highest BCUT2D eigenvalue weighted by Crippen LogP contribution is 2.30. The average molecular weight is 307 g/mol. The molecule has 0 saturated heterocycles. The molecule has 0 atom stereocenters. The molecule has 0 aliphatic carbocycles. The Labute approximate surface area is 132 Å². The molecule has 0 radical (unpaired) electrons. The lowest BCUT2D eigenvalue weighted by molar-refractivity contribution is 0.0971. The van der Waals surface area contributed by atoms with Crippen molar-refractivity contribution in [3.63, 3.8) is 0 Å². The van der Waals surface area contributed by atoms with Gasteiger partial charge >= 0.3 is 0 Å². The van der Waals surface area contributed by atoms with Gasteiger partial charge in [-0.25, -0.2) is 9.97 Å². The molecule has 3 heterocycles. The molecule has 4 rings (SSSR count). The van der Waals surface area contributed by atoms with E-state index in [9.17, 15) is 4.79 Å². The van der Waals surface area contributed by atoms with Crippen molar-refractivity contribution in [2.24, 2.45) is 0 Å². The molecule has 2 aromatic heterocycles. The molecule has 0 spiro atoms. The Morgan fingerprint density at radius 1 is 1.13 bits per heavy atom. The van der Waals surface area contributed by atoms with E-state index in [0.29, 0.717) is 30.6 Å². The Balaban J connectivity index is 1.65. The highest BCUT2D eigenvalue weighted by molar-refractivity contribution is 6.05. The van der Waals surface area contributed by atoms with Crippen LogP contribution < -0.4 is 9.64 Å². The van der Waals surface area contributed by atoms with Gasteiger partial charge in [-0.1, -0.05) is 18.2 Å². The molecule has 114 valence electrons. The second kappa shape index (κ2) is 5.57. The van der Waals surface area contributed by atoms with E-state index in [-0.39, 0.29) is 11.6 Å². The summed E-state index contributed by atoms with van der Waals surface area (Å²) >= 11 is 0. The van der Waals surface area contributed by atoms with Crippen LogP contribution in [-0.2, 0) is 0 Å². The summed E-state index contributed by atoms with van der Waals surface area (Å²) in [5, 5.41) is 0. The topological polar surface area (TPSA) is 68.5 Å². The van der Waals surface area contributed by atoms with Gasteiger partial charge in [-0.15, -0.1) is 0 Å². The fraction of sp³-hybridized carbons (Fsp3) is 0.118. The molecule has 0 saturated carbocycles. The number of carbonyl (C=O) groups is 1. The summed E-state index contributed by atoms with van der Waals surface area (Å²) in [6, 6.07) is 13.0. The minimum absolute atomic E-state index is 0.228. The highest BCUT2D eigenvalue weighted by Gasteiger charge is 2.27. The molecular formula is C17H13N3O3. The largest absolute Gasteiger partial charge is 0.474 e. The van der Waals surface area contributed by atoms with E-state index in [0.717, 1.165) is 5.56 Å². The molecule has 0 N–H and O–H groups in total. The third-order valence-electron chi connectivity index (χ3n) is 3.58. The number of aromatic nitrogens is 2. The van der Waals surface area contributed by atoms with Crippen molar-refractivity contribution in [3.8, 4) is 17.3 Å². The molecule has 1 amide bonds.